The molecule has 1 saturated heterocycles. The predicted octanol–water partition coefficient (Wildman–Crippen LogP) is 3.39. The Hall–Kier alpha value is -1.73. The normalized spacial score (nSPS) is 15.4. The second-order valence-electron chi connectivity index (χ2n) is 6.16. The summed E-state index contributed by atoms with van der Waals surface area (Å²) >= 11 is 7.19. The minimum Gasteiger partial charge on any atom is -0.486 e. The monoisotopic (exact) mass is 380 g/mol. The van der Waals surface area contributed by atoms with Crippen molar-refractivity contribution in [3.8, 4) is 5.75 Å². The standard InChI is InChI=1S/C17H21ClN4O2S/c1-12-6-8-22(9-7-12)16(23)11-25-17-19-15(20-21-17)10-24-14-4-2-13(18)3-5-14/h2-5,12H,6-11H2,1H3,(H,19,20,21). The van der Waals surface area contributed by atoms with Crippen molar-refractivity contribution in [1.29, 1.82) is 0 Å². The van der Waals surface area contributed by atoms with Crippen molar-refractivity contribution in [2.75, 3.05) is 18.8 Å². The first-order valence-electron chi connectivity index (χ1n) is 8.30. The smallest absolute Gasteiger partial charge is 0.233 e. The fraction of sp³-hybridized carbons (Fsp3) is 0.471. The molecule has 1 fully saturated rings. The first-order chi connectivity index (χ1) is 12.1. The van der Waals surface area contributed by atoms with Crippen LogP contribution in [0, 0.1) is 5.92 Å². The molecule has 0 bridgehead atoms. The van der Waals surface area contributed by atoms with Gasteiger partial charge in [-0.25, -0.2) is 4.98 Å². The molecule has 0 saturated carbocycles. The van der Waals surface area contributed by atoms with Gasteiger partial charge in [0.25, 0.3) is 0 Å². The minimum absolute atomic E-state index is 0.153. The number of likely N-dealkylation sites (tertiary alicyclic amines) is 1. The van der Waals surface area contributed by atoms with Gasteiger partial charge < -0.3 is 9.64 Å². The Labute approximate surface area is 156 Å². The van der Waals surface area contributed by atoms with Gasteiger partial charge in [-0.05, 0) is 43.0 Å². The van der Waals surface area contributed by atoms with Crippen LogP contribution in [0.4, 0.5) is 0 Å². The summed E-state index contributed by atoms with van der Waals surface area (Å²) in [6, 6.07) is 7.13. The number of ether oxygens (including phenoxy) is 1. The number of halogens is 1. The molecule has 0 aliphatic carbocycles. The lowest BCUT2D eigenvalue weighted by atomic mass is 9.99. The molecule has 1 aromatic carbocycles. The van der Waals surface area contributed by atoms with Gasteiger partial charge in [-0.3, -0.25) is 9.89 Å². The summed E-state index contributed by atoms with van der Waals surface area (Å²) in [5, 5.41) is 8.19. The van der Waals surface area contributed by atoms with Crippen molar-refractivity contribution >= 4 is 29.3 Å². The van der Waals surface area contributed by atoms with E-state index in [2.05, 4.69) is 22.1 Å². The first-order valence-corrected chi connectivity index (χ1v) is 9.67. The highest BCUT2D eigenvalue weighted by Gasteiger charge is 2.20. The number of amides is 1. The zero-order chi connectivity index (χ0) is 17.6. The van der Waals surface area contributed by atoms with Crippen LogP contribution < -0.4 is 4.74 Å². The largest absolute Gasteiger partial charge is 0.486 e. The fourth-order valence-corrected chi connectivity index (χ4v) is 3.41. The van der Waals surface area contributed by atoms with Crippen LogP contribution in [0.3, 0.4) is 0 Å². The zero-order valence-corrected chi connectivity index (χ0v) is 15.6. The van der Waals surface area contributed by atoms with Crippen molar-refractivity contribution < 1.29 is 9.53 Å². The van der Waals surface area contributed by atoms with Crippen LogP contribution in [0.2, 0.25) is 5.02 Å². The highest BCUT2D eigenvalue weighted by Crippen LogP contribution is 2.20. The minimum atomic E-state index is 0.153. The maximum Gasteiger partial charge on any atom is 0.233 e. The molecule has 1 aliphatic heterocycles. The molecule has 0 spiro atoms. The van der Waals surface area contributed by atoms with Crippen LogP contribution >= 0.6 is 23.4 Å². The van der Waals surface area contributed by atoms with Gasteiger partial charge in [0.05, 0.1) is 5.75 Å². The Morgan fingerprint density at radius 3 is 2.80 bits per heavy atom. The lowest BCUT2D eigenvalue weighted by Gasteiger charge is -2.30. The lowest BCUT2D eigenvalue weighted by Crippen LogP contribution is -2.38. The molecule has 134 valence electrons. The molecule has 25 heavy (non-hydrogen) atoms. The van der Waals surface area contributed by atoms with E-state index in [1.54, 1.807) is 24.3 Å². The highest BCUT2D eigenvalue weighted by atomic mass is 35.5. The number of nitrogens with zero attached hydrogens (tertiary/aromatic N) is 3. The third-order valence-electron chi connectivity index (χ3n) is 4.16. The van der Waals surface area contributed by atoms with Gasteiger partial charge in [0.1, 0.15) is 12.4 Å². The van der Waals surface area contributed by atoms with Gasteiger partial charge in [-0.2, -0.15) is 0 Å². The molecule has 0 radical (unpaired) electrons. The Morgan fingerprint density at radius 2 is 2.08 bits per heavy atom. The van der Waals surface area contributed by atoms with E-state index in [9.17, 15) is 4.79 Å². The summed E-state index contributed by atoms with van der Waals surface area (Å²) in [6.07, 6.45) is 2.17. The third-order valence-corrected chi connectivity index (χ3v) is 5.25. The molecule has 2 aromatic rings. The second kappa shape index (κ2) is 8.58. The lowest BCUT2D eigenvalue weighted by molar-refractivity contribution is -0.129. The van der Waals surface area contributed by atoms with Crippen molar-refractivity contribution in [3.63, 3.8) is 0 Å². The van der Waals surface area contributed by atoms with E-state index >= 15 is 0 Å². The molecule has 3 rings (SSSR count). The van der Waals surface area contributed by atoms with Crippen LogP contribution in [-0.4, -0.2) is 44.8 Å². The molecule has 1 aromatic heterocycles. The van der Waals surface area contributed by atoms with Crippen LogP contribution in [0.25, 0.3) is 0 Å². The number of nitrogens with one attached hydrogen (secondary N) is 1. The summed E-state index contributed by atoms with van der Waals surface area (Å²) in [5.41, 5.74) is 0. The molecule has 1 aliphatic rings. The van der Waals surface area contributed by atoms with Gasteiger partial charge >= 0.3 is 0 Å². The van der Waals surface area contributed by atoms with E-state index in [-0.39, 0.29) is 12.5 Å². The molecule has 8 heteroatoms. The molecule has 0 unspecified atom stereocenters. The summed E-state index contributed by atoms with van der Waals surface area (Å²) in [4.78, 5) is 18.5. The number of carbonyl (C=O) groups is 1. The van der Waals surface area contributed by atoms with E-state index in [0.717, 1.165) is 25.9 Å². The van der Waals surface area contributed by atoms with Gasteiger partial charge in [0.2, 0.25) is 11.1 Å². The van der Waals surface area contributed by atoms with E-state index in [0.29, 0.717) is 33.4 Å². The number of aromatic nitrogens is 3. The Morgan fingerprint density at radius 1 is 1.36 bits per heavy atom. The van der Waals surface area contributed by atoms with Crippen molar-refractivity contribution in [2.24, 2.45) is 5.92 Å². The van der Waals surface area contributed by atoms with Crippen molar-refractivity contribution in [1.82, 2.24) is 20.1 Å². The number of benzene rings is 1. The van der Waals surface area contributed by atoms with E-state index in [1.807, 2.05) is 4.90 Å². The topological polar surface area (TPSA) is 71.1 Å². The average Bonchev–Trinajstić information content (AvgIpc) is 3.08. The molecule has 6 nitrogen and oxygen atoms in total. The van der Waals surface area contributed by atoms with Crippen LogP contribution in [0.5, 0.6) is 5.75 Å². The number of aromatic amines is 1. The maximum absolute atomic E-state index is 12.2. The fourth-order valence-electron chi connectivity index (χ4n) is 2.56. The number of carbonyl (C=O) groups excluding carboxylic acids is 1. The van der Waals surface area contributed by atoms with Crippen LogP contribution in [-0.2, 0) is 11.4 Å². The molecule has 0 atom stereocenters. The summed E-state index contributed by atoms with van der Waals surface area (Å²) in [6.45, 7) is 4.23. The zero-order valence-electron chi connectivity index (χ0n) is 14.1. The number of rotatable bonds is 6. The SMILES string of the molecule is CC1CCN(C(=O)CSc2n[nH]c(COc3ccc(Cl)cc3)n2)CC1. The quantitative estimate of drug-likeness (QED) is 0.778. The highest BCUT2D eigenvalue weighted by molar-refractivity contribution is 7.99. The van der Waals surface area contributed by atoms with Crippen molar-refractivity contribution in [3.05, 3.63) is 35.1 Å². The average molecular weight is 381 g/mol. The third kappa shape index (κ3) is 5.37. The second-order valence-corrected chi connectivity index (χ2v) is 7.54. The number of piperidine rings is 1. The number of hydrogen-bond donors (Lipinski definition) is 1. The first kappa shape index (κ1) is 18.1. The van der Waals surface area contributed by atoms with E-state index in [4.69, 9.17) is 16.3 Å². The summed E-state index contributed by atoms with van der Waals surface area (Å²) < 4.78 is 5.61. The predicted molar refractivity (Wildman–Crippen MR) is 97.9 cm³/mol. The van der Waals surface area contributed by atoms with E-state index < -0.39 is 0 Å². The number of hydrogen-bond acceptors (Lipinski definition) is 5. The van der Waals surface area contributed by atoms with Gasteiger partial charge in [0, 0.05) is 18.1 Å². The Bertz CT molecular complexity index is 699. The number of H-pyrrole nitrogens is 1. The molecule has 2 heterocycles. The van der Waals surface area contributed by atoms with Gasteiger partial charge in [0.15, 0.2) is 5.82 Å². The van der Waals surface area contributed by atoms with Gasteiger partial charge in [-0.15, -0.1) is 5.10 Å². The number of thioether (sulfide) groups is 1. The van der Waals surface area contributed by atoms with Crippen LogP contribution in [0.1, 0.15) is 25.6 Å². The molecule has 1 amide bonds. The molecule has 1 N–H and O–H groups in total. The van der Waals surface area contributed by atoms with E-state index in [1.165, 1.54) is 11.8 Å². The summed E-state index contributed by atoms with van der Waals surface area (Å²) in [5.74, 6) is 2.57. The van der Waals surface area contributed by atoms with Gasteiger partial charge in [-0.1, -0.05) is 30.3 Å². The molecular weight excluding hydrogens is 360 g/mol. The Kier molecular flexibility index (Phi) is 6.20. The van der Waals surface area contributed by atoms with Crippen LogP contribution in [0.15, 0.2) is 29.4 Å². The van der Waals surface area contributed by atoms with Crippen molar-refractivity contribution in [2.45, 2.75) is 31.5 Å². The molecular formula is C17H21ClN4O2S. The maximum atomic E-state index is 12.2. The Balaban J connectivity index is 1.43. The summed E-state index contributed by atoms with van der Waals surface area (Å²) in [7, 11) is 0.